The van der Waals surface area contributed by atoms with Crippen molar-refractivity contribution >= 4 is 27.0 Å². The molecule has 0 saturated carbocycles. The molecule has 1 saturated heterocycles. The molecule has 0 radical (unpaired) electrons. The summed E-state index contributed by atoms with van der Waals surface area (Å²) < 4.78 is 32.3. The Kier molecular flexibility index (Phi) is 7.12. The summed E-state index contributed by atoms with van der Waals surface area (Å²) in [5.74, 6) is 0.559. The lowest BCUT2D eigenvalue weighted by Gasteiger charge is -2.26. The minimum atomic E-state index is -3.50. The van der Waals surface area contributed by atoms with E-state index >= 15 is 0 Å². The summed E-state index contributed by atoms with van der Waals surface area (Å²) in [4.78, 5) is 4.83. The predicted octanol–water partition coefficient (Wildman–Crippen LogP) is 3.02. The highest BCUT2D eigenvalue weighted by molar-refractivity contribution is 8.13. The van der Waals surface area contributed by atoms with E-state index in [1.807, 2.05) is 43.3 Å². The molecule has 150 valence electrons. The average molecular weight is 420 g/mol. The van der Waals surface area contributed by atoms with Gasteiger partial charge >= 0.3 is 0 Å². The Morgan fingerprint density at radius 2 is 1.89 bits per heavy atom. The largest absolute Gasteiger partial charge is 0.379 e. The smallest absolute Gasteiger partial charge is 0.243 e. The number of benzene rings is 2. The number of amidine groups is 1. The van der Waals surface area contributed by atoms with Crippen molar-refractivity contribution in [2.24, 2.45) is 10.7 Å². The molecule has 0 unspecified atom stereocenters. The van der Waals surface area contributed by atoms with Crippen LogP contribution in [-0.4, -0.2) is 44.2 Å². The van der Waals surface area contributed by atoms with E-state index in [9.17, 15) is 8.42 Å². The highest BCUT2D eigenvalue weighted by Gasteiger charge is 2.26. The van der Waals surface area contributed by atoms with Gasteiger partial charge in [-0.2, -0.15) is 4.31 Å². The lowest BCUT2D eigenvalue weighted by molar-refractivity contribution is 0.0730. The first-order valence-electron chi connectivity index (χ1n) is 9.14. The molecule has 1 aliphatic rings. The third-order valence-corrected chi connectivity index (χ3v) is 7.27. The molecule has 2 aromatic rings. The van der Waals surface area contributed by atoms with Crippen LogP contribution in [-0.2, 0) is 20.5 Å². The molecular weight excluding hydrogens is 394 g/mol. The van der Waals surface area contributed by atoms with Crippen molar-refractivity contribution in [3.8, 4) is 0 Å². The zero-order chi connectivity index (χ0) is 20.0. The molecule has 0 spiro atoms. The number of aliphatic imine (C=N–C) groups is 1. The van der Waals surface area contributed by atoms with Crippen LogP contribution in [0.1, 0.15) is 24.1 Å². The number of hydrogen-bond acceptors (Lipinski definition) is 5. The highest BCUT2D eigenvalue weighted by atomic mass is 32.2. The van der Waals surface area contributed by atoms with Gasteiger partial charge in [-0.05, 0) is 30.2 Å². The molecule has 1 heterocycles. The Bertz CT molecular complexity index is 911. The molecule has 0 aliphatic carbocycles. The van der Waals surface area contributed by atoms with Crippen LogP contribution in [0, 0.1) is 0 Å². The van der Waals surface area contributed by atoms with E-state index in [1.54, 1.807) is 18.2 Å². The molecule has 0 bridgehead atoms. The Balaban J connectivity index is 1.65. The number of nitrogens with zero attached hydrogens (tertiary/aromatic N) is 2. The van der Waals surface area contributed by atoms with E-state index in [0.29, 0.717) is 42.1 Å². The Labute approximate surface area is 170 Å². The van der Waals surface area contributed by atoms with Gasteiger partial charge in [-0.3, -0.25) is 4.99 Å². The minimum Gasteiger partial charge on any atom is -0.379 e. The number of sulfonamides is 1. The van der Waals surface area contributed by atoms with E-state index in [-0.39, 0.29) is 6.04 Å². The van der Waals surface area contributed by atoms with Gasteiger partial charge in [0.2, 0.25) is 10.0 Å². The molecule has 28 heavy (non-hydrogen) atoms. The van der Waals surface area contributed by atoms with Crippen LogP contribution < -0.4 is 5.73 Å². The van der Waals surface area contributed by atoms with Crippen LogP contribution in [0.5, 0.6) is 0 Å². The summed E-state index contributed by atoms with van der Waals surface area (Å²) in [6.07, 6.45) is 0. The number of thioether (sulfide) groups is 1. The first kappa shape index (κ1) is 20.9. The molecule has 1 aliphatic heterocycles. The van der Waals surface area contributed by atoms with Crippen LogP contribution in [0.4, 0.5) is 0 Å². The van der Waals surface area contributed by atoms with Gasteiger partial charge in [0.25, 0.3) is 0 Å². The van der Waals surface area contributed by atoms with Gasteiger partial charge in [-0.15, -0.1) is 0 Å². The second-order valence-corrected chi connectivity index (χ2v) is 9.44. The fourth-order valence-electron chi connectivity index (χ4n) is 2.92. The molecule has 8 heteroatoms. The number of nitrogens with two attached hydrogens (primary N) is 1. The van der Waals surface area contributed by atoms with E-state index in [0.717, 1.165) is 11.1 Å². The molecule has 1 fully saturated rings. The molecule has 0 amide bonds. The summed E-state index contributed by atoms with van der Waals surface area (Å²) in [6.45, 7) is 3.64. The van der Waals surface area contributed by atoms with Crippen LogP contribution in [0.25, 0.3) is 0 Å². The van der Waals surface area contributed by atoms with E-state index in [2.05, 4.69) is 4.99 Å². The third kappa shape index (κ3) is 5.35. The number of rotatable bonds is 6. The summed E-state index contributed by atoms with van der Waals surface area (Å²) in [5.41, 5.74) is 8.07. The Morgan fingerprint density at radius 1 is 1.18 bits per heavy atom. The fourth-order valence-corrected chi connectivity index (χ4v) is 5.13. The van der Waals surface area contributed by atoms with Crippen molar-refractivity contribution in [1.82, 2.24) is 4.31 Å². The quantitative estimate of drug-likeness (QED) is 0.575. The number of morpholine rings is 1. The van der Waals surface area contributed by atoms with Gasteiger partial charge in [-0.1, -0.05) is 54.2 Å². The zero-order valence-electron chi connectivity index (χ0n) is 15.8. The van der Waals surface area contributed by atoms with Gasteiger partial charge in [-0.25, -0.2) is 8.42 Å². The van der Waals surface area contributed by atoms with Gasteiger partial charge in [0.1, 0.15) is 0 Å². The van der Waals surface area contributed by atoms with Crippen molar-refractivity contribution in [3.63, 3.8) is 0 Å². The summed E-state index contributed by atoms with van der Waals surface area (Å²) >= 11 is 1.41. The topological polar surface area (TPSA) is 85.0 Å². The fraction of sp³-hybridized carbons (Fsp3) is 0.350. The molecule has 1 atom stereocenters. The minimum absolute atomic E-state index is 0.0262. The Hall–Kier alpha value is -1.87. The second kappa shape index (κ2) is 9.56. The van der Waals surface area contributed by atoms with Crippen LogP contribution in [0.2, 0.25) is 0 Å². The SMILES string of the molecule is C[C@H](N=C(N)SCc1cccc(S(=O)(=O)N2CCOCC2)c1)c1ccccc1. The zero-order valence-corrected chi connectivity index (χ0v) is 17.5. The maximum atomic E-state index is 12.8. The molecule has 2 aromatic carbocycles. The summed E-state index contributed by atoms with van der Waals surface area (Å²) in [6, 6.07) is 17.0. The van der Waals surface area contributed by atoms with Crippen LogP contribution >= 0.6 is 11.8 Å². The van der Waals surface area contributed by atoms with Crippen LogP contribution in [0.15, 0.2) is 64.5 Å². The van der Waals surface area contributed by atoms with Crippen molar-refractivity contribution in [1.29, 1.82) is 0 Å². The molecule has 6 nitrogen and oxygen atoms in total. The third-order valence-electron chi connectivity index (χ3n) is 4.50. The molecule has 3 rings (SSSR count). The standard InChI is InChI=1S/C20H25N3O3S2/c1-16(18-7-3-2-4-8-18)22-20(21)27-15-17-6-5-9-19(14-17)28(24,25)23-10-12-26-13-11-23/h2-9,14,16H,10-13,15H2,1H3,(H2,21,22)/t16-/m0/s1. The van der Waals surface area contributed by atoms with Gasteiger partial charge in [0.15, 0.2) is 5.17 Å². The average Bonchev–Trinajstić information content (AvgIpc) is 2.74. The molecular formula is C20H25N3O3S2. The van der Waals surface area contributed by atoms with Gasteiger partial charge < -0.3 is 10.5 Å². The van der Waals surface area contributed by atoms with Crippen molar-refractivity contribution in [2.45, 2.75) is 23.6 Å². The Morgan fingerprint density at radius 3 is 2.61 bits per heavy atom. The van der Waals surface area contributed by atoms with Crippen molar-refractivity contribution in [3.05, 3.63) is 65.7 Å². The molecule has 0 aromatic heterocycles. The first-order chi connectivity index (χ1) is 13.5. The summed E-state index contributed by atoms with van der Waals surface area (Å²) in [7, 11) is -3.50. The normalized spacial score (nSPS) is 17.4. The number of ether oxygens (including phenoxy) is 1. The van der Waals surface area contributed by atoms with E-state index in [4.69, 9.17) is 10.5 Å². The van der Waals surface area contributed by atoms with Crippen LogP contribution in [0.3, 0.4) is 0 Å². The van der Waals surface area contributed by atoms with Gasteiger partial charge in [0, 0.05) is 18.8 Å². The van der Waals surface area contributed by atoms with Gasteiger partial charge in [0.05, 0.1) is 24.2 Å². The van der Waals surface area contributed by atoms with Crippen molar-refractivity contribution in [2.75, 3.05) is 26.3 Å². The lowest BCUT2D eigenvalue weighted by Crippen LogP contribution is -2.40. The molecule has 2 N–H and O–H groups in total. The first-order valence-corrected chi connectivity index (χ1v) is 11.6. The second-order valence-electron chi connectivity index (χ2n) is 6.51. The highest BCUT2D eigenvalue weighted by Crippen LogP contribution is 2.22. The monoisotopic (exact) mass is 419 g/mol. The summed E-state index contributed by atoms with van der Waals surface area (Å²) in [5, 5.41) is 0.484. The number of hydrogen-bond donors (Lipinski definition) is 1. The lowest BCUT2D eigenvalue weighted by atomic mass is 10.1. The predicted molar refractivity (Wildman–Crippen MR) is 114 cm³/mol. The van der Waals surface area contributed by atoms with E-state index in [1.165, 1.54) is 16.1 Å². The maximum Gasteiger partial charge on any atom is 0.243 e. The maximum absolute atomic E-state index is 12.8. The van der Waals surface area contributed by atoms with E-state index < -0.39 is 10.0 Å². The van der Waals surface area contributed by atoms with Crippen molar-refractivity contribution < 1.29 is 13.2 Å².